The third-order valence-corrected chi connectivity index (χ3v) is 5.50. The number of carbonyl (C=O) groups excluding carboxylic acids is 1. The lowest BCUT2D eigenvalue weighted by molar-refractivity contribution is 0.104. The highest BCUT2D eigenvalue weighted by molar-refractivity contribution is 6.17. The number of hydrogen-bond donors (Lipinski definition) is 1. The Morgan fingerprint density at radius 1 is 0.931 bits per heavy atom. The fraction of sp³-hybridized carbons (Fsp3) is 0.200. The van der Waals surface area contributed by atoms with E-state index in [-0.39, 0.29) is 11.5 Å². The SMILES string of the molecule is N#Cc1c(-c2ccccc2)cc(N2CCCCC2)c(C(=O)c2ccccc2)c1N. The molecule has 2 N–H and O–H groups in total. The van der Waals surface area contributed by atoms with E-state index in [1.807, 2.05) is 54.6 Å². The zero-order valence-corrected chi connectivity index (χ0v) is 16.3. The van der Waals surface area contributed by atoms with Crippen LogP contribution < -0.4 is 10.6 Å². The molecule has 3 aromatic rings. The van der Waals surface area contributed by atoms with Crippen molar-refractivity contribution in [1.29, 1.82) is 5.26 Å². The lowest BCUT2D eigenvalue weighted by Gasteiger charge is -2.31. The molecular weight excluding hydrogens is 358 g/mol. The number of nitrogens with zero attached hydrogens (tertiary/aromatic N) is 2. The van der Waals surface area contributed by atoms with Gasteiger partial charge in [-0.05, 0) is 30.9 Å². The topological polar surface area (TPSA) is 70.1 Å². The van der Waals surface area contributed by atoms with Gasteiger partial charge in [-0.1, -0.05) is 60.7 Å². The molecule has 0 unspecified atom stereocenters. The normalized spacial score (nSPS) is 13.7. The summed E-state index contributed by atoms with van der Waals surface area (Å²) in [6.45, 7) is 1.77. The van der Waals surface area contributed by atoms with E-state index < -0.39 is 0 Å². The number of rotatable bonds is 4. The fourth-order valence-corrected chi connectivity index (χ4v) is 4.01. The number of benzene rings is 3. The summed E-state index contributed by atoms with van der Waals surface area (Å²) in [7, 11) is 0. The van der Waals surface area contributed by atoms with Crippen molar-refractivity contribution in [3.63, 3.8) is 0 Å². The van der Waals surface area contributed by atoms with Crippen LogP contribution in [0.2, 0.25) is 0 Å². The van der Waals surface area contributed by atoms with Gasteiger partial charge in [0.2, 0.25) is 0 Å². The van der Waals surface area contributed by atoms with Crippen LogP contribution >= 0.6 is 0 Å². The molecule has 1 fully saturated rings. The molecule has 0 amide bonds. The molecule has 1 saturated heterocycles. The van der Waals surface area contributed by atoms with E-state index in [9.17, 15) is 10.1 Å². The molecule has 0 saturated carbocycles. The average Bonchev–Trinajstić information content (AvgIpc) is 2.79. The third-order valence-electron chi connectivity index (χ3n) is 5.50. The first-order chi connectivity index (χ1) is 14.2. The zero-order valence-electron chi connectivity index (χ0n) is 16.3. The van der Waals surface area contributed by atoms with Gasteiger partial charge in [0.1, 0.15) is 6.07 Å². The summed E-state index contributed by atoms with van der Waals surface area (Å²) in [6.07, 6.45) is 3.36. The predicted octanol–water partition coefficient (Wildman–Crippen LogP) is 5.03. The standard InChI is InChI=1S/C25H23N3O/c26-17-21-20(18-10-4-1-5-11-18)16-22(28-14-8-3-9-15-28)23(24(21)27)25(29)19-12-6-2-7-13-19/h1-2,4-7,10-13,16H,3,8-9,14-15,27H2. The molecule has 4 rings (SSSR count). The minimum Gasteiger partial charge on any atom is -0.397 e. The average molecular weight is 381 g/mol. The van der Waals surface area contributed by atoms with Crippen molar-refractivity contribution < 1.29 is 4.79 Å². The molecule has 144 valence electrons. The highest BCUT2D eigenvalue weighted by atomic mass is 16.1. The van der Waals surface area contributed by atoms with E-state index in [0.29, 0.717) is 16.7 Å². The van der Waals surface area contributed by atoms with Gasteiger partial charge in [0.15, 0.2) is 5.78 Å². The van der Waals surface area contributed by atoms with Crippen LogP contribution in [-0.2, 0) is 0 Å². The molecule has 3 aromatic carbocycles. The number of anilines is 2. The first-order valence-electron chi connectivity index (χ1n) is 9.97. The summed E-state index contributed by atoms with van der Waals surface area (Å²) in [5.41, 5.74) is 10.7. The molecule has 1 aliphatic rings. The first-order valence-corrected chi connectivity index (χ1v) is 9.97. The molecule has 4 nitrogen and oxygen atoms in total. The van der Waals surface area contributed by atoms with Gasteiger partial charge in [-0.25, -0.2) is 0 Å². The lowest BCUT2D eigenvalue weighted by atomic mass is 9.90. The molecule has 0 aliphatic carbocycles. The maximum Gasteiger partial charge on any atom is 0.197 e. The Morgan fingerprint density at radius 2 is 1.55 bits per heavy atom. The molecule has 0 aromatic heterocycles. The van der Waals surface area contributed by atoms with Crippen LogP contribution in [0.25, 0.3) is 11.1 Å². The summed E-state index contributed by atoms with van der Waals surface area (Å²) in [5.74, 6) is -0.139. The fourth-order valence-electron chi connectivity index (χ4n) is 4.01. The molecule has 0 radical (unpaired) electrons. The number of ketones is 1. The molecule has 0 spiro atoms. The summed E-state index contributed by atoms with van der Waals surface area (Å²) < 4.78 is 0. The highest BCUT2D eigenvalue weighted by Crippen LogP contribution is 2.39. The van der Waals surface area contributed by atoms with Crippen LogP contribution in [0.4, 0.5) is 11.4 Å². The Kier molecular flexibility index (Phi) is 5.31. The summed E-state index contributed by atoms with van der Waals surface area (Å²) >= 11 is 0. The van der Waals surface area contributed by atoms with E-state index in [1.165, 1.54) is 6.42 Å². The quantitative estimate of drug-likeness (QED) is 0.508. The third kappa shape index (κ3) is 3.60. The largest absolute Gasteiger partial charge is 0.397 e. The Balaban J connectivity index is 1.96. The van der Waals surface area contributed by atoms with Crippen LogP contribution in [-0.4, -0.2) is 18.9 Å². The second kappa shape index (κ2) is 8.20. The zero-order chi connectivity index (χ0) is 20.2. The summed E-state index contributed by atoms with van der Waals surface area (Å²) in [4.78, 5) is 15.7. The van der Waals surface area contributed by atoms with Crippen molar-refractivity contribution in [2.24, 2.45) is 0 Å². The minimum atomic E-state index is -0.139. The first kappa shape index (κ1) is 18.8. The number of nitriles is 1. The van der Waals surface area contributed by atoms with Crippen LogP contribution in [0.1, 0.15) is 40.7 Å². The molecule has 4 heteroatoms. The van der Waals surface area contributed by atoms with Crippen molar-refractivity contribution >= 4 is 17.2 Å². The number of piperidine rings is 1. The van der Waals surface area contributed by atoms with Crippen molar-refractivity contribution in [1.82, 2.24) is 0 Å². The second-order valence-corrected chi connectivity index (χ2v) is 7.33. The number of nitrogen functional groups attached to an aromatic ring is 1. The van der Waals surface area contributed by atoms with E-state index in [1.54, 1.807) is 12.1 Å². The maximum absolute atomic E-state index is 13.4. The van der Waals surface area contributed by atoms with Crippen LogP contribution in [0.15, 0.2) is 66.7 Å². The minimum absolute atomic E-state index is 0.139. The van der Waals surface area contributed by atoms with Gasteiger partial charge in [-0.2, -0.15) is 5.26 Å². The number of hydrogen-bond acceptors (Lipinski definition) is 4. The second-order valence-electron chi connectivity index (χ2n) is 7.33. The van der Waals surface area contributed by atoms with E-state index >= 15 is 0 Å². The smallest absolute Gasteiger partial charge is 0.197 e. The van der Waals surface area contributed by atoms with E-state index in [4.69, 9.17) is 5.73 Å². The van der Waals surface area contributed by atoms with Crippen molar-refractivity contribution in [2.75, 3.05) is 23.7 Å². The molecule has 29 heavy (non-hydrogen) atoms. The monoisotopic (exact) mass is 381 g/mol. The van der Waals surface area contributed by atoms with Gasteiger partial charge < -0.3 is 10.6 Å². The van der Waals surface area contributed by atoms with Gasteiger partial charge in [0.05, 0.1) is 22.5 Å². The van der Waals surface area contributed by atoms with Gasteiger partial charge >= 0.3 is 0 Å². The molecule has 1 aliphatic heterocycles. The van der Waals surface area contributed by atoms with Crippen LogP contribution in [0.3, 0.4) is 0 Å². The number of carbonyl (C=O) groups is 1. The van der Waals surface area contributed by atoms with E-state index in [2.05, 4.69) is 11.0 Å². The Morgan fingerprint density at radius 3 is 2.17 bits per heavy atom. The van der Waals surface area contributed by atoms with Crippen LogP contribution in [0.5, 0.6) is 0 Å². The molecule has 0 atom stereocenters. The van der Waals surface area contributed by atoms with Crippen molar-refractivity contribution in [2.45, 2.75) is 19.3 Å². The summed E-state index contributed by atoms with van der Waals surface area (Å²) in [5, 5.41) is 9.88. The molecule has 1 heterocycles. The molecule has 0 bridgehead atoms. The van der Waals surface area contributed by atoms with Gasteiger partial charge in [0, 0.05) is 24.2 Å². The lowest BCUT2D eigenvalue weighted by Crippen LogP contribution is -2.31. The Labute approximate surface area is 171 Å². The maximum atomic E-state index is 13.4. The van der Waals surface area contributed by atoms with Crippen LogP contribution in [0, 0.1) is 11.3 Å². The van der Waals surface area contributed by atoms with Gasteiger partial charge in [-0.3, -0.25) is 4.79 Å². The van der Waals surface area contributed by atoms with E-state index in [0.717, 1.165) is 42.7 Å². The molecular formula is C25H23N3O. The summed E-state index contributed by atoms with van der Waals surface area (Å²) in [6, 6.07) is 23.1. The predicted molar refractivity (Wildman–Crippen MR) is 117 cm³/mol. The Hall–Kier alpha value is -3.58. The van der Waals surface area contributed by atoms with Gasteiger partial charge in [-0.15, -0.1) is 0 Å². The van der Waals surface area contributed by atoms with Gasteiger partial charge in [0.25, 0.3) is 0 Å². The highest BCUT2D eigenvalue weighted by Gasteiger charge is 2.26. The number of nitrogens with two attached hydrogens (primary N) is 1. The van der Waals surface area contributed by atoms with Crippen molar-refractivity contribution in [3.8, 4) is 17.2 Å². The van der Waals surface area contributed by atoms with Crippen molar-refractivity contribution in [3.05, 3.63) is 83.4 Å². The Bertz CT molecular complexity index is 1060.